The number of hydrogen-bond donors (Lipinski definition) is 0. The van der Waals surface area contributed by atoms with E-state index in [1.54, 1.807) is 6.92 Å². The van der Waals surface area contributed by atoms with Crippen LogP contribution in [0, 0.1) is 6.92 Å². The van der Waals surface area contributed by atoms with Gasteiger partial charge in [0.15, 0.2) is 5.82 Å². The molecular weight excluding hydrogens is 230 g/mol. The Hall–Kier alpha value is -1.39. The first kappa shape index (κ1) is 14.7. The van der Waals surface area contributed by atoms with Gasteiger partial charge in [0.2, 0.25) is 11.8 Å². The minimum Gasteiger partial charge on any atom is -0.342 e. The normalized spacial score (nSPS) is 10.6. The fraction of sp³-hybridized carbons (Fsp3) is 0.769. The predicted molar refractivity (Wildman–Crippen MR) is 69.1 cm³/mol. The maximum Gasteiger partial charge on any atom is 0.236 e. The molecule has 0 aliphatic heterocycles. The van der Waals surface area contributed by atoms with Crippen molar-refractivity contribution < 1.29 is 9.32 Å². The molecular formula is C13H23N3O2. The Morgan fingerprint density at radius 2 is 1.83 bits per heavy atom. The van der Waals surface area contributed by atoms with Crippen molar-refractivity contribution in [2.45, 2.75) is 52.9 Å². The summed E-state index contributed by atoms with van der Waals surface area (Å²) < 4.78 is 4.99. The summed E-state index contributed by atoms with van der Waals surface area (Å²) in [6.07, 6.45) is 4.48. The quantitative estimate of drug-likeness (QED) is 0.713. The highest BCUT2D eigenvalue weighted by Crippen LogP contribution is 2.05. The summed E-state index contributed by atoms with van der Waals surface area (Å²) in [4.78, 5) is 18.1. The van der Waals surface area contributed by atoms with E-state index in [2.05, 4.69) is 24.0 Å². The van der Waals surface area contributed by atoms with Gasteiger partial charge in [-0.05, 0) is 19.8 Å². The molecule has 0 unspecified atom stereocenters. The summed E-state index contributed by atoms with van der Waals surface area (Å²) in [6.45, 7) is 7.65. The topological polar surface area (TPSA) is 59.2 Å². The number of nitrogens with zero attached hydrogens (tertiary/aromatic N) is 3. The fourth-order valence-corrected chi connectivity index (χ4v) is 1.71. The van der Waals surface area contributed by atoms with Crippen molar-refractivity contribution in [2.24, 2.45) is 0 Å². The Labute approximate surface area is 109 Å². The Morgan fingerprint density at radius 3 is 2.28 bits per heavy atom. The molecule has 0 radical (unpaired) electrons. The minimum atomic E-state index is 0.0838. The molecule has 0 aliphatic carbocycles. The highest BCUT2D eigenvalue weighted by atomic mass is 16.5. The van der Waals surface area contributed by atoms with Gasteiger partial charge in [-0.1, -0.05) is 31.8 Å². The van der Waals surface area contributed by atoms with Crippen molar-refractivity contribution in [1.82, 2.24) is 15.0 Å². The molecule has 5 nitrogen and oxygen atoms in total. The van der Waals surface area contributed by atoms with E-state index in [0.29, 0.717) is 11.7 Å². The third-order valence-electron chi connectivity index (χ3n) is 2.79. The Morgan fingerprint density at radius 1 is 1.22 bits per heavy atom. The highest BCUT2D eigenvalue weighted by molar-refractivity contribution is 5.77. The molecule has 102 valence electrons. The van der Waals surface area contributed by atoms with Gasteiger partial charge in [-0.3, -0.25) is 4.79 Å². The van der Waals surface area contributed by atoms with E-state index in [-0.39, 0.29) is 12.3 Å². The van der Waals surface area contributed by atoms with Crippen molar-refractivity contribution in [3.8, 4) is 0 Å². The number of hydrogen-bond acceptors (Lipinski definition) is 4. The molecule has 1 amide bonds. The second kappa shape index (κ2) is 7.84. The molecule has 0 spiro atoms. The van der Waals surface area contributed by atoms with E-state index in [1.165, 1.54) is 0 Å². The van der Waals surface area contributed by atoms with Crippen molar-refractivity contribution in [3.63, 3.8) is 0 Å². The smallest absolute Gasteiger partial charge is 0.236 e. The predicted octanol–water partition coefficient (Wildman–Crippen LogP) is 2.35. The summed E-state index contributed by atoms with van der Waals surface area (Å²) in [5.41, 5.74) is 0. The van der Waals surface area contributed by atoms with E-state index in [9.17, 15) is 4.79 Å². The molecule has 5 heteroatoms. The standard InChI is InChI=1S/C13H23N3O2/c1-4-6-8-16(9-7-5-2)13(17)10-12-14-11(3)15-18-12/h4-10H2,1-3H3. The lowest BCUT2D eigenvalue weighted by molar-refractivity contribution is -0.131. The summed E-state index contributed by atoms with van der Waals surface area (Å²) >= 11 is 0. The monoisotopic (exact) mass is 253 g/mol. The largest absolute Gasteiger partial charge is 0.342 e. The van der Waals surface area contributed by atoms with Crippen LogP contribution in [0.15, 0.2) is 4.52 Å². The summed E-state index contributed by atoms with van der Waals surface area (Å²) in [7, 11) is 0. The van der Waals surface area contributed by atoms with Gasteiger partial charge in [-0.15, -0.1) is 0 Å². The number of unbranched alkanes of at least 4 members (excludes halogenated alkanes) is 2. The summed E-state index contributed by atoms with van der Waals surface area (Å²) in [6, 6.07) is 0. The van der Waals surface area contributed by atoms with Gasteiger partial charge in [0, 0.05) is 13.1 Å². The molecule has 1 heterocycles. The molecule has 0 saturated heterocycles. The van der Waals surface area contributed by atoms with Crippen LogP contribution < -0.4 is 0 Å². The maximum atomic E-state index is 12.1. The van der Waals surface area contributed by atoms with Crippen LogP contribution in [-0.2, 0) is 11.2 Å². The molecule has 0 atom stereocenters. The van der Waals surface area contributed by atoms with Crippen LogP contribution in [0.3, 0.4) is 0 Å². The molecule has 1 aromatic rings. The lowest BCUT2D eigenvalue weighted by Crippen LogP contribution is -2.34. The minimum absolute atomic E-state index is 0.0838. The lowest BCUT2D eigenvalue weighted by Gasteiger charge is -2.21. The van der Waals surface area contributed by atoms with Crippen LogP contribution in [0.25, 0.3) is 0 Å². The Kier molecular flexibility index (Phi) is 6.39. The van der Waals surface area contributed by atoms with Gasteiger partial charge in [0.05, 0.1) is 0 Å². The maximum absolute atomic E-state index is 12.1. The zero-order chi connectivity index (χ0) is 13.4. The Balaban J connectivity index is 2.51. The zero-order valence-corrected chi connectivity index (χ0v) is 11.6. The molecule has 0 N–H and O–H groups in total. The van der Waals surface area contributed by atoms with Crippen molar-refractivity contribution in [1.29, 1.82) is 0 Å². The average Bonchev–Trinajstić information content (AvgIpc) is 2.75. The molecule has 1 rings (SSSR count). The van der Waals surface area contributed by atoms with E-state index in [1.807, 2.05) is 4.90 Å². The molecule has 0 aliphatic rings. The molecule has 0 bridgehead atoms. The SMILES string of the molecule is CCCCN(CCCC)C(=O)Cc1nc(C)no1. The summed E-state index contributed by atoms with van der Waals surface area (Å²) in [5, 5.41) is 3.70. The van der Waals surface area contributed by atoms with Crippen LogP contribution in [-0.4, -0.2) is 34.0 Å². The van der Waals surface area contributed by atoms with Crippen molar-refractivity contribution >= 4 is 5.91 Å². The third-order valence-corrected chi connectivity index (χ3v) is 2.79. The second-order valence-electron chi connectivity index (χ2n) is 4.50. The average molecular weight is 253 g/mol. The van der Waals surface area contributed by atoms with E-state index in [4.69, 9.17) is 4.52 Å². The molecule has 0 aromatic carbocycles. The molecule has 0 saturated carbocycles. The van der Waals surface area contributed by atoms with Gasteiger partial charge in [0.25, 0.3) is 0 Å². The molecule has 1 aromatic heterocycles. The third kappa shape index (κ3) is 4.85. The van der Waals surface area contributed by atoms with Gasteiger partial charge in [-0.2, -0.15) is 4.98 Å². The number of rotatable bonds is 8. The number of amides is 1. The van der Waals surface area contributed by atoms with Gasteiger partial charge < -0.3 is 9.42 Å². The number of carbonyl (C=O) groups is 1. The number of aryl methyl sites for hydroxylation is 1. The van der Waals surface area contributed by atoms with Crippen LogP contribution in [0.2, 0.25) is 0 Å². The summed E-state index contributed by atoms with van der Waals surface area (Å²) in [5.74, 6) is 1.07. The van der Waals surface area contributed by atoms with Crippen LogP contribution in [0.1, 0.15) is 51.2 Å². The number of aromatic nitrogens is 2. The first-order chi connectivity index (χ1) is 8.67. The lowest BCUT2D eigenvalue weighted by atomic mass is 10.2. The van der Waals surface area contributed by atoms with Gasteiger partial charge in [0.1, 0.15) is 6.42 Å². The van der Waals surface area contributed by atoms with Gasteiger partial charge in [-0.25, -0.2) is 0 Å². The van der Waals surface area contributed by atoms with Crippen molar-refractivity contribution in [3.05, 3.63) is 11.7 Å². The second-order valence-corrected chi connectivity index (χ2v) is 4.50. The first-order valence-corrected chi connectivity index (χ1v) is 6.74. The van der Waals surface area contributed by atoms with Gasteiger partial charge >= 0.3 is 0 Å². The van der Waals surface area contributed by atoms with Crippen LogP contribution in [0.5, 0.6) is 0 Å². The molecule has 18 heavy (non-hydrogen) atoms. The zero-order valence-electron chi connectivity index (χ0n) is 11.6. The number of carbonyl (C=O) groups excluding carboxylic acids is 1. The Bertz CT molecular complexity index is 355. The van der Waals surface area contributed by atoms with E-state index >= 15 is 0 Å². The van der Waals surface area contributed by atoms with Crippen LogP contribution >= 0.6 is 0 Å². The van der Waals surface area contributed by atoms with E-state index in [0.717, 1.165) is 38.8 Å². The van der Waals surface area contributed by atoms with Crippen LogP contribution in [0.4, 0.5) is 0 Å². The fourth-order valence-electron chi connectivity index (χ4n) is 1.71. The van der Waals surface area contributed by atoms with Crippen molar-refractivity contribution in [2.75, 3.05) is 13.1 Å². The highest BCUT2D eigenvalue weighted by Gasteiger charge is 2.16. The molecule has 0 fully saturated rings. The van der Waals surface area contributed by atoms with E-state index < -0.39 is 0 Å². The first-order valence-electron chi connectivity index (χ1n) is 6.74.